The molecule has 0 bridgehead atoms. The zero-order valence-corrected chi connectivity index (χ0v) is 8.72. The summed E-state index contributed by atoms with van der Waals surface area (Å²) < 4.78 is 0. The average Bonchev–Trinajstić information content (AvgIpc) is 2.30. The highest BCUT2D eigenvalue weighted by molar-refractivity contribution is 5.67. The van der Waals surface area contributed by atoms with Gasteiger partial charge in [-0.1, -0.05) is 30.3 Å². The molecule has 0 amide bonds. The van der Waals surface area contributed by atoms with Gasteiger partial charge in [0.1, 0.15) is 0 Å². The summed E-state index contributed by atoms with van der Waals surface area (Å²) >= 11 is 0. The second kappa shape index (κ2) is 4.24. The van der Waals surface area contributed by atoms with E-state index < -0.39 is 0 Å². The Labute approximate surface area is 89.8 Å². The molecule has 1 aromatic carbocycles. The molecule has 2 heteroatoms. The number of aromatic nitrogens is 1. The molecule has 2 nitrogen and oxygen atoms in total. The van der Waals surface area contributed by atoms with E-state index in [0.29, 0.717) is 0 Å². The molecule has 1 unspecified atom stereocenters. The minimum atomic E-state index is 0.00825. The summed E-state index contributed by atoms with van der Waals surface area (Å²) in [5.74, 6) is 0. The SMILES string of the molecule is CC(N)c1cnccc1-c1ccccc1. The molecule has 2 aromatic rings. The first-order chi connectivity index (χ1) is 7.29. The summed E-state index contributed by atoms with van der Waals surface area (Å²) in [5.41, 5.74) is 9.35. The Balaban J connectivity index is 2.53. The van der Waals surface area contributed by atoms with Crippen molar-refractivity contribution in [3.05, 3.63) is 54.4 Å². The van der Waals surface area contributed by atoms with Crippen LogP contribution in [0.3, 0.4) is 0 Å². The van der Waals surface area contributed by atoms with Crippen LogP contribution in [0.2, 0.25) is 0 Å². The fraction of sp³-hybridized carbons (Fsp3) is 0.154. The van der Waals surface area contributed by atoms with Crippen LogP contribution in [0.4, 0.5) is 0 Å². The van der Waals surface area contributed by atoms with Gasteiger partial charge in [-0.05, 0) is 29.7 Å². The molecule has 0 saturated heterocycles. The van der Waals surface area contributed by atoms with Crippen LogP contribution in [0.1, 0.15) is 18.5 Å². The van der Waals surface area contributed by atoms with Crippen LogP contribution in [0, 0.1) is 0 Å². The molecule has 1 atom stereocenters. The van der Waals surface area contributed by atoms with E-state index in [2.05, 4.69) is 17.1 Å². The van der Waals surface area contributed by atoms with Gasteiger partial charge < -0.3 is 5.73 Å². The van der Waals surface area contributed by atoms with Gasteiger partial charge in [-0.2, -0.15) is 0 Å². The Morgan fingerprint density at radius 1 is 1.13 bits per heavy atom. The zero-order valence-electron chi connectivity index (χ0n) is 8.72. The van der Waals surface area contributed by atoms with E-state index in [-0.39, 0.29) is 6.04 Å². The highest BCUT2D eigenvalue weighted by Crippen LogP contribution is 2.25. The molecule has 0 aliphatic heterocycles. The van der Waals surface area contributed by atoms with E-state index in [4.69, 9.17) is 5.73 Å². The fourth-order valence-electron chi connectivity index (χ4n) is 1.65. The molecule has 0 fully saturated rings. The van der Waals surface area contributed by atoms with E-state index in [1.54, 1.807) is 6.20 Å². The van der Waals surface area contributed by atoms with Gasteiger partial charge >= 0.3 is 0 Å². The Bertz CT molecular complexity index is 435. The van der Waals surface area contributed by atoms with Crippen LogP contribution in [-0.4, -0.2) is 4.98 Å². The van der Waals surface area contributed by atoms with Crippen molar-refractivity contribution < 1.29 is 0 Å². The molecule has 0 radical (unpaired) electrons. The predicted octanol–water partition coefficient (Wildman–Crippen LogP) is 2.77. The third-order valence-corrected chi connectivity index (χ3v) is 2.43. The third-order valence-electron chi connectivity index (χ3n) is 2.43. The topological polar surface area (TPSA) is 38.9 Å². The minimum absolute atomic E-state index is 0.00825. The van der Waals surface area contributed by atoms with Gasteiger partial charge in [-0.3, -0.25) is 4.98 Å². The lowest BCUT2D eigenvalue weighted by molar-refractivity contribution is 0.814. The molecule has 2 N–H and O–H groups in total. The summed E-state index contributed by atoms with van der Waals surface area (Å²) in [6.07, 6.45) is 3.64. The summed E-state index contributed by atoms with van der Waals surface area (Å²) in [5, 5.41) is 0. The van der Waals surface area contributed by atoms with Gasteiger partial charge in [0.2, 0.25) is 0 Å². The zero-order chi connectivity index (χ0) is 10.7. The van der Waals surface area contributed by atoms with Gasteiger partial charge in [0.05, 0.1) is 0 Å². The highest BCUT2D eigenvalue weighted by Gasteiger charge is 2.07. The van der Waals surface area contributed by atoms with Crippen molar-refractivity contribution in [2.45, 2.75) is 13.0 Å². The Morgan fingerprint density at radius 3 is 2.53 bits per heavy atom. The maximum absolute atomic E-state index is 5.91. The van der Waals surface area contributed by atoms with Gasteiger partial charge in [0, 0.05) is 18.4 Å². The van der Waals surface area contributed by atoms with Gasteiger partial charge in [0.15, 0.2) is 0 Å². The van der Waals surface area contributed by atoms with E-state index in [1.165, 1.54) is 11.1 Å². The maximum atomic E-state index is 5.91. The van der Waals surface area contributed by atoms with E-state index >= 15 is 0 Å². The predicted molar refractivity (Wildman–Crippen MR) is 62.3 cm³/mol. The molecule has 1 heterocycles. The second-order valence-electron chi connectivity index (χ2n) is 3.62. The number of pyridine rings is 1. The van der Waals surface area contributed by atoms with Crippen LogP contribution in [-0.2, 0) is 0 Å². The van der Waals surface area contributed by atoms with Crippen molar-refractivity contribution in [3.8, 4) is 11.1 Å². The van der Waals surface area contributed by atoms with Crippen molar-refractivity contribution in [3.63, 3.8) is 0 Å². The first-order valence-electron chi connectivity index (χ1n) is 5.04. The molecule has 1 aromatic heterocycles. The Morgan fingerprint density at radius 2 is 1.87 bits per heavy atom. The third kappa shape index (κ3) is 2.05. The fourth-order valence-corrected chi connectivity index (χ4v) is 1.65. The Hall–Kier alpha value is -1.67. The Kier molecular flexibility index (Phi) is 2.79. The number of benzene rings is 1. The van der Waals surface area contributed by atoms with Gasteiger partial charge in [-0.15, -0.1) is 0 Å². The van der Waals surface area contributed by atoms with Crippen molar-refractivity contribution in [2.75, 3.05) is 0 Å². The molecule has 0 saturated carbocycles. The van der Waals surface area contributed by atoms with Crippen molar-refractivity contribution in [1.29, 1.82) is 0 Å². The van der Waals surface area contributed by atoms with Crippen LogP contribution in [0.15, 0.2) is 48.8 Å². The maximum Gasteiger partial charge on any atom is 0.0321 e. The quantitative estimate of drug-likeness (QED) is 0.805. The summed E-state index contributed by atoms with van der Waals surface area (Å²) in [6, 6.07) is 12.3. The largest absolute Gasteiger partial charge is 0.324 e. The van der Waals surface area contributed by atoms with Crippen LogP contribution in [0.25, 0.3) is 11.1 Å². The first-order valence-corrected chi connectivity index (χ1v) is 5.04. The monoisotopic (exact) mass is 198 g/mol. The minimum Gasteiger partial charge on any atom is -0.324 e. The van der Waals surface area contributed by atoms with Crippen LogP contribution in [0.5, 0.6) is 0 Å². The highest BCUT2D eigenvalue weighted by atomic mass is 14.7. The smallest absolute Gasteiger partial charge is 0.0321 e. The average molecular weight is 198 g/mol. The molecular formula is C13H14N2. The molecule has 0 spiro atoms. The lowest BCUT2D eigenvalue weighted by atomic mass is 9.98. The normalized spacial score (nSPS) is 12.4. The number of hydrogen-bond acceptors (Lipinski definition) is 2. The lowest BCUT2D eigenvalue weighted by Gasteiger charge is -2.11. The molecule has 0 aliphatic carbocycles. The van der Waals surface area contributed by atoms with E-state index in [0.717, 1.165) is 5.56 Å². The van der Waals surface area contributed by atoms with Crippen LogP contribution >= 0.6 is 0 Å². The number of rotatable bonds is 2. The number of nitrogens with two attached hydrogens (primary N) is 1. The number of nitrogens with zero attached hydrogens (tertiary/aromatic N) is 1. The standard InChI is InChI=1S/C13H14N2/c1-10(14)13-9-15-8-7-12(13)11-5-3-2-4-6-11/h2-10H,14H2,1H3. The lowest BCUT2D eigenvalue weighted by Crippen LogP contribution is -2.07. The summed E-state index contributed by atoms with van der Waals surface area (Å²) in [6.45, 7) is 1.98. The molecular weight excluding hydrogens is 184 g/mol. The molecule has 15 heavy (non-hydrogen) atoms. The van der Waals surface area contributed by atoms with Crippen molar-refractivity contribution >= 4 is 0 Å². The van der Waals surface area contributed by atoms with Gasteiger partial charge in [0.25, 0.3) is 0 Å². The summed E-state index contributed by atoms with van der Waals surface area (Å²) in [4.78, 5) is 4.11. The van der Waals surface area contributed by atoms with Crippen molar-refractivity contribution in [2.24, 2.45) is 5.73 Å². The van der Waals surface area contributed by atoms with Crippen LogP contribution < -0.4 is 5.73 Å². The molecule has 2 rings (SSSR count). The number of hydrogen-bond donors (Lipinski definition) is 1. The molecule has 0 aliphatic rings. The van der Waals surface area contributed by atoms with Crippen molar-refractivity contribution in [1.82, 2.24) is 4.98 Å². The first kappa shape index (κ1) is 9.87. The van der Waals surface area contributed by atoms with E-state index in [1.807, 2.05) is 37.4 Å². The van der Waals surface area contributed by atoms with Gasteiger partial charge in [-0.25, -0.2) is 0 Å². The van der Waals surface area contributed by atoms with E-state index in [9.17, 15) is 0 Å². The second-order valence-corrected chi connectivity index (χ2v) is 3.62. The molecule has 76 valence electrons. The summed E-state index contributed by atoms with van der Waals surface area (Å²) in [7, 11) is 0.